The van der Waals surface area contributed by atoms with Crippen molar-refractivity contribution in [3.63, 3.8) is 0 Å². The summed E-state index contributed by atoms with van der Waals surface area (Å²) < 4.78 is 28.4. The molecule has 0 bridgehead atoms. The molecule has 1 aromatic rings. The van der Waals surface area contributed by atoms with E-state index in [0.29, 0.717) is 23.6 Å². The van der Waals surface area contributed by atoms with Gasteiger partial charge in [0.2, 0.25) is 10.0 Å². The number of pyridine rings is 1. The molecular weight excluding hydrogens is 410 g/mol. The molecule has 0 aromatic carbocycles. The van der Waals surface area contributed by atoms with Crippen LogP contribution in [0.15, 0.2) is 21.2 Å². The summed E-state index contributed by atoms with van der Waals surface area (Å²) in [5.41, 5.74) is 2.45. The monoisotopic (exact) mass is 441 g/mol. The van der Waals surface area contributed by atoms with Gasteiger partial charge in [-0.05, 0) is 63.7 Å². The third kappa shape index (κ3) is 5.32. The summed E-state index contributed by atoms with van der Waals surface area (Å²) in [6.45, 7) is 6.11. The Morgan fingerprint density at radius 3 is 2.93 bits per heavy atom. The number of aromatic nitrogens is 1. The lowest BCUT2D eigenvalue weighted by molar-refractivity contribution is 0.158. The molecule has 2 aliphatic heterocycles. The molecule has 0 aliphatic carbocycles. The van der Waals surface area contributed by atoms with Crippen molar-refractivity contribution in [2.45, 2.75) is 57.2 Å². The van der Waals surface area contributed by atoms with E-state index in [9.17, 15) is 18.3 Å². The topological polar surface area (TPSA) is 102 Å². The molecule has 29 heavy (non-hydrogen) atoms. The molecule has 3 heterocycles. The third-order valence-electron chi connectivity index (χ3n) is 5.73. The smallest absolute Gasteiger partial charge is 0.251 e. The Morgan fingerprint density at radius 1 is 1.41 bits per heavy atom. The van der Waals surface area contributed by atoms with Crippen LogP contribution < -0.4 is 10.3 Å². The summed E-state index contributed by atoms with van der Waals surface area (Å²) in [7, 11) is -3.52. The Balaban J connectivity index is 1.54. The summed E-state index contributed by atoms with van der Waals surface area (Å²) in [5, 5.41) is 9.37. The van der Waals surface area contributed by atoms with Gasteiger partial charge >= 0.3 is 0 Å². The maximum absolute atomic E-state index is 12.7. The molecule has 0 radical (unpaired) electrons. The van der Waals surface area contributed by atoms with Crippen molar-refractivity contribution in [1.82, 2.24) is 14.6 Å². The van der Waals surface area contributed by atoms with Crippen molar-refractivity contribution in [2.24, 2.45) is 0 Å². The number of nitrogens with one attached hydrogen (secondary N) is 2. The zero-order valence-corrected chi connectivity index (χ0v) is 18.7. The van der Waals surface area contributed by atoms with Crippen LogP contribution in [0.2, 0.25) is 0 Å². The highest BCUT2D eigenvalue weighted by molar-refractivity contribution is 8.18. The number of rotatable bonds is 9. The number of aliphatic hydroxyl groups is 1. The molecule has 7 nitrogen and oxygen atoms in total. The molecule has 1 aromatic heterocycles. The summed E-state index contributed by atoms with van der Waals surface area (Å²) in [4.78, 5) is 17.1. The van der Waals surface area contributed by atoms with Gasteiger partial charge in [0.25, 0.3) is 5.56 Å². The van der Waals surface area contributed by atoms with Crippen LogP contribution in [-0.2, 0) is 16.4 Å². The van der Waals surface area contributed by atoms with Crippen LogP contribution in [0.25, 0.3) is 0 Å². The minimum absolute atomic E-state index is 0.00126. The van der Waals surface area contributed by atoms with E-state index in [1.807, 2.05) is 19.9 Å². The van der Waals surface area contributed by atoms with Crippen molar-refractivity contribution >= 4 is 21.8 Å². The number of allylic oxidation sites excluding steroid dienone is 1. The van der Waals surface area contributed by atoms with Crippen molar-refractivity contribution < 1.29 is 13.5 Å². The highest BCUT2D eigenvalue weighted by atomic mass is 32.3. The van der Waals surface area contributed by atoms with Gasteiger partial charge in [0.15, 0.2) is 0 Å². The van der Waals surface area contributed by atoms with Gasteiger partial charge in [-0.25, -0.2) is 13.1 Å². The number of sulfonamides is 1. The first kappa shape index (κ1) is 22.6. The second kappa shape index (κ2) is 9.78. The van der Waals surface area contributed by atoms with Crippen LogP contribution in [0.5, 0.6) is 0 Å². The number of hydrogen-bond donors (Lipinski definition) is 3. The second-order valence-corrected chi connectivity index (χ2v) is 10.9. The Hall–Kier alpha value is -1.13. The molecule has 1 fully saturated rings. The zero-order valence-electron chi connectivity index (χ0n) is 17.1. The quantitative estimate of drug-likeness (QED) is 0.507. The maximum Gasteiger partial charge on any atom is 0.251 e. The van der Waals surface area contributed by atoms with E-state index in [-0.39, 0.29) is 23.5 Å². The SMILES string of the molecule is CCc1cc(C2CC=C(S(=O)(=O)NCCCN3CCC[C@@H]3CO)S2)c(C)[nH]c1=O. The van der Waals surface area contributed by atoms with Crippen LogP contribution in [0.3, 0.4) is 0 Å². The van der Waals surface area contributed by atoms with Crippen molar-refractivity contribution in [2.75, 3.05) is 26.2 Å². The van der Waals surface area contributed by atoms with Gasteiger partial charge in [0, 0.05) is 29.1 Å². The van der Waals surface area contributed by atoms with Crippen LogP contribution >= 0.6 is 11.8 Å². The van der Waals surface area contributed by atoms with Crippen molar-refractivity contribution in [3.8, 4) is 0 Å². The fraction of sp³-hybridized carbons (Fsp3) is 0.650. The number of aryl methyl sites for hydroxylation is 2. The first-order valence-electron chi connectivity index (χ1n) is 10.3. The summed E-state index contributed by atoms with van der Waals surface area (Å²) in [5.74, 6) is 0. The standard InChI is InChI=1S/C20H31N3O4S2/c1-3-15-12-17(14(2)22-20(15)25)18-7-8-19(28-18)29(26,27)21-9-5-11-23-10-4-6-16(23)13-24/h8,12,16,18,21,24H,3-7,9-11,13H2,1-2H3,(H,22,25)/t16-,18?/m1/s1. The Labute approximate surface area is 177 Å². The molecule has 9 heteroatoms. The van der Waals surface area contributed by atoms with E-state index in [1.165, 1.54) is 11.8 Å². The molecule has 2 atom stereocenters. The molecule has 3 rings (SSSR count). The first-order chi connectivity index (χ1) is 13.9. The summed E-state index contributed by atoms with van der Waals surface area (Å²) in [6, 6.07) is 2.13. The Morgan fingerprint density at radius 2 is 2.21 bits per heavy atom. The maximum atomic E-state index is 12.7. The van der Waals surface area contributed by atoms with E-state index >= 15 is 0 Å². The molecule has 1 unspecified atom stereocenters. The van der Waals surface area contributed by atoms with Gasteiger partial charge in [-0.1, -0.05) is 13.0 Å². The number of thioether (sulfide) groups is 1. The molecule has 2 aliphatic rings. The van der Waals surface area contributed by atoms with Gasteiger partial charge in [-0.3, -0.25) is 9.69 Å². The molecule has 3 N–H and O–H groups in total. The lowest BCUT2D eigenvalue weighted by atomic mass is 10.0. The van der Waals surface area contributed by atoms with Crippen LogP contribution in [0.1, 0.15) is 54.7 Å². The average molecular weight is 442 g/mol. The molecule has 1 saturated heterocycles. The lowest BCUT2D eigenvalue weighted by Crippen LogP contribution is -2.35. The number of aliphatic hydroxyl groups excluding tert-OH is 1. The molecular formula is C20H31N3O4S2. The zero-order chi connectivity index (χ0) is 21.0. The normalized spacial score (nSPS) is 22.9. The van der Waals surface area contributed by atoms with E-state index in [1.54, 1.807) is 6.08 Å². The van der Waals surface area contributed by atoms with Gasteiger partial charge < -0.3 is 10.1 Å². The second-order valence-electron chi connectivity index (χ2n) is 7.69. The number of hydrogen-bond acceptors (Lipinski definition) is 6. The minimum atomic E-state index is -3.52. The average Bonchev–Trinajstić information content (AvgIpc) is 3.35. The van der Waals surface area contributed by atoms with E-state index < -0.39 is 10.0 Å². The van der Waals surface area contributed by atoms with Gasteiger partial charge in [-0.15, -0.1) is 11.8 Å². The first-order valence-corrected chi connectivity index (χ1v) is 12.7. The molecule has 162 valence electrons. The highest BCUT2D eigenvalue weighted by Crippen LogP contribution is 2.46. The fourth-order valence-corrected chi connectivity index (χ4v) is 6.98. The van der Waals surface area contributed by atoms with Gasteiger partial charge in [-0.2, -0.15) is 0 Å². The number of aromatic amines is 1. The summed E-state index contributed by atoms with van der Waals surface area (Å²) in [6.07, 6.45) is 5.87. The van der Waals surface area contributed by atoms with Crippen LogP contribution in [-0.4, -0.2) is 55.7 Å². The van der Waals surface area contributed by atoms with Crippen molar-refractivity contribution in [1.29, 1.82) is 0 Å². The van der Waals surface area contributed by atoms with Crippen LogP contribution in [0.4, 0.5) is 0 Å². The largest absolute Gasteiger partial charge is 0.395 e. The highest BCUT2D eigenvalue weighted by Gasteiger charge is 2.29. The predicted molar refractivity (Wildman–Crippen MR) is 117 cm³/mol. The molecule has 0 amide bonds. The fourth-order valence-electron chi connectivity index (χ4n) is 4.04. The Bertz CT molecular complexity index is 911. The number of likely N-dealkylation sites (tertiary alicyclic amines) is 1. The number of H-pyrrole nitrogens is 1. The third-order valence-corrected chi connectivity index (χ3v) is 9.09. The van der Waals surface area contributed by atoms with Crippen molar-refractivity contribution in [3.05, 3.63) is 43.6 Å². The molecule has 0 spiro atoms. The minimum Gasteiger partial charge on any atom is -0.395 e. The summed E-state index contributed by atoms with van der Waals surface area (Å²) >= 11 is 1.34. The number of nitrogens with zero attached hydrogens (tertiary/aromatic N) is 1. The van der Waals surface area contributed by atoms with Gasteiger partial charge in [0.1, 0.15) is 4.24 Å². The van der Waals surface area contributed by atoms with Crippen LogP contribution in [0, 0.1) is 6.92 Å². The molecule has 0 saturated carbocycles. The Kier molecular flexibility index (Phi) is 7.61. The van der Waals surface area contributed by atoms with Gasteiger partial charge in [0.05, 0.1) is 6.61 Å². The lowest BCUT2D eigenvalue weighted by Gasteiger charge is -2.22. The van der Waals surface area contributed by atoms with E-state index in [0.717, 1.165) is 49.2 Å². The predicted octanol–water partition coefficient (Wildman–Crippen LogP) is 2.03. The van der Waals surface area contributed by atoms with E-state index in [4.69, 9.17) is 0 Å². The van der Waals surface area contributed by atoms with E-state index in [2.05, 4.69) is 14.6 Å².